The Bertz CT molecular complexity index is 1370. The first-order valence-electron chi connectivity index (χ1n) is 11.1. The molecule has 9 heteroatoms. The lowest BCUT2D eigenvalue weighted by Crippen LogP contribution is -2.46. The van der Waals surface area contributed by atoms with Gasteiger partial charge in [0.1, 0.15) is 17.2 Å². The zero-order chi connectivity index (χ0) is 24.0. The van der Waals surface area contributed by atoms with Gasteiger partial charge >= 0.3 is 0 Å². The average molecular weight is 460 g/mol. The molecule has 5 rings (SSSR count). The third-order valence-electron chi connectivity index (χ3n) is 6.16. The Morgan fingerprint density at radius 1 is 1.18 bits per heavy atom. The Kier molecular flexibility index (Phi) is 5.33. The van der Waals surface area contributed by atoms with Gasteiger partial charge in [-0.05, 0) is 43.2 Å². The summed E-state index contributed by atoms with van der Waals surface area (Å²) in [4.78, 5) is 41.3. The second kappa shape index (κ2) is 8.35. The number of anilines is 2. The number of pyridine rings is 1. The Morgan fingerprint density at radius 3 is 2.68 bits per heavy atom. The molecule has 4 N–H and O–H groups in total. The lowest BCUT2D eigenvalue weighted by atomic mass is 9.93. The summed E-state index contributed by atoms with van der Waals surface area (Å²) in [7, 11) is 0. The van der Waals surface area contributed by atoms with Crippen LogP contribution in [-0.2, 0) is 11.3 Å². The highest BCUT2D eigenvalue weighted by atomic mass is 16.3. The molecule has 0 spiro atoms. The van der Waals surface area contributed by atoms with Crippen molar-refractivity contribution in [1.82, 2.24) is 10.3 Å². The van der Waals surface area contributed by atoms with Crippen LogP contribution in [0.15, 0.2) is 69.3 Å². The predicted octanol–water partition coefficient (Wildman–Crippen LogP) is 2.74. The molecule has 174 valence electrons. The van der Waals surface area contributed by atoms with Crippen LogP contribution in [0.5, 0.6) is 0 Å². The minimum Gasteiger partial charge on any atom is -0.464 e. The van der Waals surface area contributed by atoms with Crippen molar-refractivity contribution < 1.29 is 19.1 Å². The molecule has 0 saturated carbocycles. The third kappa shape index (κ3) is 3.60. The van der Waals surface area contributed by atoms with E-state index in [9.17, 15) is 19.5 Å². The highest BCUT2D eigenvalue weighted by Gasteiger charge is 2.41. The highest BCUT2D eigenvalue weighted by Crippen LogP contribution is 2.35. The first-order valence-corrected chi connectivity index (χ1v) is 11.1. The number of aromatic nitrogens is 1. The number of nitrogens with zero attached hydrogens (tertiary/aromatic N) is 1. The van der Waals surface area contributed by atoms with E-state index in [0.29, 0.717) is 41.4 Å². The van der Waals surface area contributed by atoms with E-state index in [-0.39, 0.29) is 23.2 Å². The number of benzene rings is 1. The quantitative estimate of drug-likeness (QED) is 0.427. The summed E-state index contributed by atoms with van der Waals surface area (Å²) in [5, 5.41) is 16.7. The highest BCUT2D eigenvalue weighted by molar-refractivity contribution is 6.14. The lowest BCUT2D eigenvalue weighted by Gasteiger charge is -2.32. The smallest absolute Gasteiger partial charge is 0.261 e. The van der Waals surface area contributed by atoms with Crippen LogP contribution in [0.1, 0.15) is 46.8 Å². The van der Waals surface area contributed by atoms with E-state index in [1.807, 2.05) is 38.1 Å². The van der Waals surface area contributed by atoms with Crippen molar-refractivity contribution in [3.63, 3.8) is 0 Å². The number of carbonyl (C=O) groups excluding carboxylic acids is 2. The Balaban J connectivity index is 1.44. The first kappa shape index (κ1) is 21.7. The Morgan fingerprint density at radius 2 is 2.00 bits per heavy atom. The van der Waals surface area contributed by atoms with Gasteiger partial charge in [0.15, 0.2) is 6.10 Å². The lowest BCUT2D eigenvalue weighted by molar-refractivity contribution is -0.125. The Labute approximate surface area is 195 Å². The van der Waals surface area contributed by atoms with Gasteiger partial charge in [-0.15, -0.1) is 0 Å². The van der Waals surface area contributed by atoms with Gasteiger partial charge in [-0.3, -0.25) is 14.4 Å². The molecule has 34 heavy (non-hydrogen) atoms. The molecule has 1 aliphatic carbocycles. The molecule has 0 saturated heterocycles. The van der Waals surface area contributed by atoms with Crippen molar-refractivity contribution >= 4 is 23.1 Å². The van der Waals surface area contributed by atoms with Crippen molar-refractivity contribution in [3.05, 3.63) is 93.1 Å². The van der Waals surface area contributed by atoms with Crippen molar-refractivity contribution in [2.75, 3.05) is 10.2 Å². The SMILES string of the molecule is CC[C@@H](NC1=C(Nc2cccc3c2C(=O)N(c2ccc(=O)[nH]c2)C3)C(O)C1=O)c1ccc(C)o1. The zero-order valence-electron chi connectivity index (χ0n) is 18.7. The predicted molar refractivity (Wildman–Crippen MR) is 125 cm³/mol. The fourth-order valence-corrected chi connectivity index (χ4v) is 4.32. The second-order valence-corrected chi connectivity index (χ2v) is 8.38. The van der Waals surface area contributed by atoms with Gasteiger partial charge in [-0.2, -0.15) is 0 Å². The molecule has 0 bridgehead atoms. The number of aliphatic hydroxyl groups is 1. The number of fused-ring (bicyclic) bond motifs is 1. The second-order valence-electron chi connectivity index (χ2n) is 8.38. The fourth-order valence-electron chi connectivity index (χ4n) is 4.32. The molecule has 3 aromatic rings. The maximum Gasteiger partial charge on any atom is 0.261 e. The van der Waals surface area contributed by atoms with Crippen molar-refractivity contribution in [2.24, 2.45) is 0 Å². The standard InChI is InChI=1S/C25H24N4O5/c1-3-16(18-9-7-13(2)34-18)27-21-22(24(32)23(21)31)28-17-6-4-5-14-12-29(25(33)20(14)17)15-8-10-19(30)26-11-15/h4-11,16,24,27-28,32H,3,12H2,1-2H3,(H,26,30)/t16-,24?/m1/s1. The largest absolute Gasteiger partial charge is 0.464 e. The number of amides is 1. The van der Waals surface area contributed by atoms with Crippen LogP contribution < -0.4 is 21.1 Å². The summed E-state index contributed by atoms with van der Waals surface area (Å²) < 4.78 is 5.71. The number of nitrogens with one attached hydrogen (secondary N) is 3. The number of rotatable bonds is 7. The third-order valence-corrected chi connectivity index (χ3v) is 6.16. The molecule has 1 amide bonds. The number of carbonyl (C=O) groups is 2. The number of aliphatic hydroxyl groups excluding tert-OH is 1. The summed E-state index contributed by atoms with van der Waals surface area (Å²) in [5.41, 5.74) is 2.67. The van der Waals surface area contributed by atoms with Crippen LogP contribution >= 0.6 is 0 Å². The molecular formula is C25H24N4O5. The average Bonchev–Trinajstić information content (AvgIpc) is 3.42. The molecule has 0 radical (unpaired) electrons. The summed E-state index contributed by atoms with van der Waals surface area (Å²) in [6.07, 6.45) is 0.862. The molecule has 2 atom stereocenters. The van der Waals surface area contributed by atoms with Crippen LogP contribution in [0.3, 0.4) is 0 Å². The summed E-state index contributed by atoms with van der Waals surface area (Å²) in [5.74, 6) is 0.817. The summed E-state index contributed by atoms with van der Waals surface area (Å²) in [6.45, 7) is 4.16. The minimum atomic E-state index is -1.30. The zero-order valence-corrected chi connectivity index (χ0v) is 18.7. The number of hydrogen-bond donors (Lipinski definition) is 4. The molecule has 1 unspecified atom stereocenters. The van der Waals surface area contributed by atoms with E-state index in [0.717, 1.165) is 11.3 Å². The van der Waals surface area contributed by atoms with Gasteiger partial charge in [0.25, 0.3) is 5.91 Å². The van der Waals surface area contributed by atoms with Crippen molar-refractivity contribution in [1.29, 1.82) is 0 Å². The molecule has 2 aromatic heterocycles. The maximum absolute atomic E-state index is 13.2. The molecule has 1 aliphatic heterocycles. The maximum atomic E-state index is 13.2. The van der Waals surface area contributed by atoms with Gasteiger partial charge in [0.05, 0.1) is 35.2 Å². The van der Waals surface area contributed by atoms with Crippen LogP contribution in [0.2, 0.25) is 0 Å². The van der Waals surface area contributed by atoms with Gasteiger partial charge in [-0.25, -0.2) is 0 Å². The Hall–Kier alpha value is -4.11. The minimum absolute atomic E-state index is 0.238. The van der Waals surface area contributed by atoms with E-state index in [1.54, 1.807) is 17.0 Å². The topological polar surface area (TPSA) is 128 Å². The number of aryl methyl sites for hydroxylation is 1. The monoisotopic (exact) mass is 460 g/mol. The van der Waals surface area contributed by atoms with Gasteiger partial charge in [0.2, 0.25) is 11.3 Å². The van der Waals surface area contributed by atoms with E-state index in [2.05, 4.69) is 15.6 Å². The molecule has 2 aliphatic rings. The number of H-pyrrole nitrogens is 1. The number of aromatic amines is 1. The van der Waals surface area contributed by atoms with Gasteiger partial charge in [-0.1, -0.05) is 19.1 Å². The number of furan rings is 1. The van der Waals surface area contributed by atoms with Crippen LogP contribution in [0.4, 0.5) is 11.4 Å². The molecule has 9 nitrogen and oxygen atoms in total. The van der Waals surface area contributed by atoms with Gasteiger partial charge < -0.3 is 30.0 Å². The normalized spacial score (nSPS) is 18.1. The van der Waals surface area contributed by atoms with E-state index >= 15 is 0 Å². The molecule has 1 aromatic carbocycles. The van der Waals surface area contributed by atoms with Crippen molar-refractivity contribution in [3.8, 4) is 0 Å². The fraction of sp³-hybridized carbons (Fsp3) is 0.240. The van der Waals surface area contributed by atoms with E-state index < -0.39 is 11.9 Å². The number of hydrogen-bond acceptors (Lipinski definition) is 7. The van der Waals surface area contributed by atoms with E-state index in [1.165, 1.54) is 12.3 Å². The molecular weight excluding hydrogens is 436 g/mol. The number of ketones is 1. The number of Topliss-reactive ketones (excluding diaryl/α,β-unsaturated/α-hetero) is 1. The van der Waals surface area contributed by atoms with Crippen LogP contribution in [-0.4, -0.2) is 27.9 Å². The van der Waals surface area contributed by atoms with Crippen LogP contribution in [0.25, 0.3) is 0 Å². The van der Waals surface area contributed by atoms with Gasteiger partial charge in [0, 0.05) is 12.3 Å². The molecule has 0 fully saturated rings. The van der Waals surface area contributed by atoms with Crippen LogP contribution in [0, 0.1) is 6.92 Å². The van der Waals surface area contributed by atoms with Crippen molar-refractivity contribution in [2.45, 2.75) is 39.0 Å². The summed E-state index contributed by atoms with van der Waals surface area (Å²) >= 11 is 0. The van der Waals surface area contributed by atoms with E-state index in [4.69, 9.17) is 4.42 Å². The summed E-state index contributed by atoms with van der Waals surface area (Å²) in [6, 6.07) is 11.8. The molecule has 3 heterocycles. The first-order chi connectivity index (χ1) is 16.4.